The largest absolute Gasteiger partial charge is 0.313 e. The van der Waals surface area contributed by atoms with Crippen LogP contribution in [0.1, 0.15) is 62.0 Å². The van der Waals surface area contributed by atoms with Crippen molar-refractivity contribution in [1.82, 2.24) is 10.3 Å². The van der Waals surface area contributed by atoms with Gasteiger partial charge in [0.15, 0.2) is 0 Å². The van der Waals surface area contributed by atoms with Gasteiger partial charge in [-0.3, -0.25) is 0 Å². The van der Waals surface area contributed by atoms with Gasteiger partial charge in [0.2, 0.25) is 0 Å². The molecule has 0 aliphatic rings. The van der Waals surface area contributed by atoms with Crippen molar-refractivity contribution in [3.8, 4) is 0 Å². The predicted octanol–water partition coefficient (Wildman–Crippen LogP) is 4.70. The zero-order valence-electron chi connectivity index (χ0n) is 13.7. The molecule has 0 saturated heterocycles. The van der Waals surface area contributed by atoms with Gasteiger partial charge in [0.1, 0.15) is 0 Å². The van der Waals surface area contributed by atoms with E-state index < -0.39 is 0 Å². The lowest BCUT2D eigenvalue weighted by atomic mass is 9.93. The van der Waals surface area contributed by atoms with E-state index in [1.54, 1.807) is 11.3 Å². The molecule has 1 atom stereocenters. The highest BCUT2D eigenvalue weighted by molar-refractivity contribution is 7.09. The van der Waals surface area contributed by atoms with Gasteiger partial charge >= 0.3 is 0 Å². The monoisotopic (exact) mass is 302 g/mol. The lowest BCUT2D eigenvalue weighted by Crippen LogP contribution is -2.15. The summed E-state index contributed by atoms with van der Waals surface area (Å²) in [6.45, 7) is 8.85. The van der Waals surface area contributed by atoms with Gasteiger partial charge in [0, 0.05) is 23.3 Å². The van der Waals surface area contributed by atoms with Gasteiger partial charge < -0.3 is 5.32 Å². The summed E-state index contributed by atoms with van der Waals surface area (Å²) >= 11 is 1.77. The maximum absolute atomic E-state index is 4.79. The normalized spacial score (nSPS) is 13.4. The summed E-state index contributed by atoms with van der Waals surface area (Å²) in [5.41, 5.74) is 4.04. The van der Waals surface area contributed by atoms with Crippen LogP contribution in [0.4, 0.5) is 0 Å². The summed E-state index contributed by atoms with van der Waals surface area (Å²) in [6, 6.07) is 9.30. The van der Waals surface area contributed by atoms with E-state index in [-0.39, 0.29) is 5.41 Å². The highest BCUT2D eigenvalue weighted by Gasteiger charge is 2.17. The first-order valence-corrected chi connectivity index (χ1v) is 8.53. The molecule has 1 aromatic carbocycles. The summed E-state index contributed by atoms with van der Waals surface area (Å²) < 4.78 is 0. The van der Waals surface area contributed by atoms with Crippen molar-refractivity contribution in [3.05, 3.63) is 51.5 Å². The van der Waals surface area contributed by atoms with Crippen molar-refractivity contribution in [2.24, 2.45) is 0 Å². The third-order valence-electron chi connectivity index (χ3n) is 3.79. The second-order valence-corrected chi connectivity index (χ2v) is 7.49. The fourth-order valence-corrected chi connectivity index (χ4v) is 3.49. The van der Waals surface area contributed by atoms with Crippen LogP contribution in [0, 0.1) is 0 Å². The Labute approximate surface area is 132 Å². The van der Waals surface area contributed by atoms with Crippen LogP contribution >= 0.6 is 11.3 Å². The fourth-order valence-electron chi connectivity index (χ4n) is 2.44. The van der Waals surface area contributed by atoms with Crippen molar-refractivity contribution in [2.75, 3.05) is 7.05 Å². The SMILES string of the molecule is CCC(NC)c1cccc(Cc2nc(C(C)(C)C)cs2)c1. The molecule has 0 aliphatic heterocycles. The van der Waals surface area contributed by atoms with Gasteiger partial charge in [-0.25, -0.2) is 4.98 Å². The molecule has 1 heterocycles. The molecule has 1 N–H and O–H groups in total. The summed E-state index contributed by atoms with van der Waals surface area (Å²) in [5, 5.41) is 6.77. The van der Waals surface area contributed by atoms with E-state index in [1.165, 1.54) is 21.8 Å². The maximum atomic E-state index is 4.79. The van der Waals surface area contributed by atoms with Crippen molar-refractivity contribution in [1.29, 1.82) is 0 Å². The number of hydrogen-bond donors (Lipinski definition) is 1. The lowest BCUT2D eigenvalue weighted by Gasteiger charge is -2.15. The number of benzene rings is 1. The van der Waals surface area contributed by atoms with Crippen LogP contribution < -0.4 is 5.32 Å². The standard InChI is InChI=1S/C18H26N2S/c1-6-15(19-5)14-9-7-8-13(10-14)11-17-20-16(12-21-17)18(2,3)4/h7-10,12,15,19H,6,11H2,1-5H3. The molecule has 1 aromatic heterocycles. The molecule has 2 rings (SSSR count). The van der Waals surface area contributed by atoms with Crippen molar-refractivity contribution >= 4 is 11.3 Å². The molecule has 1 unspecified atom stereocenters. The molecular weight excluding hydrogens is 276 g/mol. The van der Waals surface area contributed by atoms with Crippen molar-refractivity contribution < 1.29 is 0 Å². The third-order valence-corrected chi connectivity index (χ3v) is 4.63. The van der Waals surface area contributed by atoms with Gasteiger partial charge in [-0.2, -0.15) is 0 Å². The Balaban J connectivity index is 2.16. The molecule has 2 nitrogen and oxygen atoms in total. The maximum Gasteiger partial charge on any atom is 0.0972 e. The first kappa shape index (κ1) is 16.2. The third kappa shape index (κ3) is 4.14. The first-order valence-electron chi connectivity index (χ1n) is 7.65. The second-order valence-electron chi connectivity index (χ2n) is 6.55. The van der Waals surface area contributed by atoms with Crippen LogP contribution in [-0.2, 0) is 11.8 Å². The van der Waals surface area contributed by atoms with Gasteiger partial charge in [-0.15, -0.1) is 11.3 Å². The summed E-state index contributed by atoms with van der Waals surface area (Å²) in [5.74, 6) is 0. The van der Waals surface area contributed by atoms with Gasteiger partial charge in [0.05, 0.1) is 10.7 Å². The fraction of sp³-hybridized carbons (Fsp3) is 0.500. The van der Waals surface area contributed by atoms with E-state index in [1.807, 2.05) is 7.05 Å². The number of rotatable bonds is 5. The zero-order valence-corrected chi connectivity index (χ0v) is 14.6. The van der Waals surface area contributed by atoms with Gasteiger partial charge in [-0.1, -0.05) is 52.0 Å². The van der Waals surface area contributed by atoms with Crippen LogP contribution in [0.3, 0.4) is 0 Å². The summed E-state index contributed by atoms with van der Waals surface area (Å²) in [4.78, 5) is 4.79. The second kappa shape index (κ2) is 6.71. The molecule has 21 heavy (non-hydrogen) atoms. The minimum Gasteiger partial charge on any atom is -0.313 e. The molecule has 0 bridgehead atoms. The van der Waals surface area contributed by atoms with Crippen molar-refractivity contribution in [2.45, 2.75) is 52.0 Å². The minimum absolute atomic E-state index is 0.135. The average Bonchev–Trinajstić information content (AvgIpc) is 2.89. The first-order chi connectivity index (χ1) is 9.94. The lowest BCUT2D eigenvalue weighted by molar-refractivity contribution is 0.571. The van der Waals surface area contributed by atoms with E-state index >= 15 is 0 Å². The van der Waals surface area contributed by atoms with Gasteiger partial charge in [0.25, 0.3) is 0 Å². The minimum atomic E-state index is 0.135. The molecule has 0 fully saturated rings. The number of hydrogen-bond acceptors (Lipinski definition) is 3. The summed E-state index contributed by atoms with van der Waals surface area (Å²) in [7, 11) is 2.03. The number of aromatic nitrogens is 1. The van der Waals surface area contributed by atoms with Crippen LogP contribution in [0.15, 0.2) is 29.6 Å². The molecule has 0 radical (unpaired) electrons. The predicted molar refractivity (Wildman–Crippen MR) is 92.2 cm³/mol. The van der Waals surface area contributed by atoms with Crippen LogP contribution in [-0.4, -0.2) is 12.0 Å². The van der Waals surface area contributed by atoms with Gasteiger partial charge in [-0.05, 0) is 24.6 Å². The molecule has 2 aromatic rings. The van der Waals surface area contributed by atoms with E-state index in [0.717, 1.165) is 12.8 Å². The zero-order chi connectivity index (χ0) is 15.5. The molecule has 3 heteroatoms. The molecule has 0 saturated carbocycles. The number of nitrogens with one attached hydrogen (secondary N) is 1. The Kier molecular flexibility index (Phi) is 5.17. The molecule has 114 valence electrons. The van der Waals surface area contributed by atoms with E-state index in [0.29, 0.717) is 6.04 Å². The topological polar surface area (TPSA) is 24.9 Å². The average molecular weight is 302 g/mol. The Hall–Kier alpha value is -1.19. The quantitative estimate of drug-likeness (QED) is 0.866. The Morgan fingerprint density at radius 2 is 2.05 bits per heavy atom. The number of thiazole rings is 1. The Bertz CT molecular complexity index is 577. The summed E-state index contributed by atoms with van der Waals surface area (Å²) in [6.07, 6.45) is 2.03. The molecule has 0 amide bonds. The highest BCUT2D eigenvalue weighted by Crippen LogP contribution is 2.26. The Morgan fingerprint density at radius 1 is 1.29 bits per heavy atom. The number of nitrogens with zero attached hydrogens (tertiary/aromatic N) is 1. The van der Waals surface area contributed by atoms with Crippen LogP contribution in [0.25, 0.3) is 0 Å². The smallest absolute Gasteiger partial charge is 0.0972 e. The van der Waals surface area contributed by atoms with E-state index in [4.69, 9.17) is 4.98 Å². The highest BCUT2D eigenvalue weighted by atomic mass is 32.1. The van der Waals surface area contributed by atoms with Crippen LogP contribution in [0.2, 0.25) is 0 Å². The van der Waals surface area contributed by atoms with E-state index in [2.05, 4.69) is 62.7 Å². The Morgan fingerprint density at radius 3 is 2.62 bits per heavy atom. The van der Waals surface area contributed by atoms with Crippen LogP contribution in [0.5, 0.6) is 0 Å². The van der Waals surface area contributed by atoms with Crippen molar-refractivity contribution in [3.63, 3.8) is 0 Å². The molecule has 0 spiro atoms. The van der Waals surface area contributed by atoms with E-state index in [9.17, 15) is 0 Å². The molecule has 0 aliphatic carbocycles. The molecular formula is C18H26N2S.